The molecule has 0 bridgehead atoms. The largest absolute Gasteiger partial charge is 0.356 e. The molecule has 2 heterocycles. The molecular formula is C26H29N5O2. The fraction of sp³-hybridized carbons (Fsp3) is 0.308. The SMILES string of the molecule is Cc1ccc(CNC(=O)C2CCCN(c3ccnc(Nc4cccc(C=O)c4C)n3)C2)cc1. The molecule has 3 aromatic rings. The van der Waals surface area contributed by atoms with Crippen molar-refractivity contribution in [3.63, 3.8) is 0 Å². The van der Waals surface area contributed by atoms with Gasteiger partial charge in [-0.25, -0.2) is 4.98 Å². The number of carbonyl (C=O) groups is 2. The number of amides is 1. The third-order valence-electron chi connectivity index (χ3n) is 6.09. The molecule has 1 atom stereocenters. The first kappa shape index (κ1) is 22.5. The molecule has 2 aromatic carbocycles. The summed E-state index contributed by atoms with van der Waals surface area (Å²) in [7, 11) is 0. The third-order valence-corrected chi connectivity index (χ3v) is 6.09. The van der Waals surface area contributed by atoms with Crippen molar-refractivity contribution in [2.75, 3.05) is 23.3 Å². The fourth-order valence-corrected chi connectivity index (χ4v) is 4.06. The van der Waals surface area contributed by atoms with Gasteiger partial charge in [0.1, 0.15) is 12.1 Å². The molecule has 1 amide bonds. The average Bonchev–Trinajstić information content (AvgIpc) is 2.85. The first-order valence-corrected chi connectivity index (χ1v) is 11.3. The van der Waals surface area contributed by atoms with Gasteiger partial charge in [0.05, 0.1) is 5.92 Å². The molecule has 1 fully saturated rings. The van der Waals surface area contributed by atoms with Crippen LogP contribution < -0.4 is 15.5 Å². The molecule has 1 saturated heterocycles. The number of carbonyl (C=O) groups excluding carboxylic acids is 2. The zero-order valence-electron chi connectivity index (χ0n) is 19.0. The number of rotatable bonds is 7. The number of aldehydes is 1. The Hall–Kier alpha value is -3.74. The normalized spacial score (nSPS) is 15.7. The standard InChI is InChI=1S/C26H29N5O2/c1-18-8-10-20(11-9-18)15-28-25(33)21-6-4-14-31(16-21)24-12-13-27-26(30-24)29-23-7-3-5-22(17-32)19(23)2/h3,5,7-13,17,21H,4,6,14-16H2,1-2H3,(H,28,33)(H,27,29,30). The number of hydrogen-bond donors (Lipinski definition) is 2. The van der Waals surface area contributed by atoms with Crippen LogP contribution in [0.3, 0.4) is 0 Å². The topological polar surface area (TPSA) is 87.2 Å². The van der Waals surface area contributed by atoms with Gasteiger partial charge in [-0.05, 0) is 49.9 Å². The summed E-state index contributed by atoms with van der Waals surface area (Å²) >= 11 is 0. The van der Waals surface area contributed by atoms with E-state index in [1.54, 1.807) is 12.3 Å². The Balaban J connectivity index is 1.40. The van der Waals surface area contributed by atoms with E-state index in [9.17, 15) is 9.59 Å². The quantitative estimate of drug-likeness (QED) is 0.533. The van der Waals surface area contributed by atoms with Gasteiger partial charge in [0, 0.05) is 37.1 Å². The monoisotopic (exact) mass is 443 g/mol. The summed E-state index contributed by atoms with van der Waals surface area (Å²) in [6.45, 7) is 5.95. The number of anilines is 3. The maximum Gasteiger partial charge on any atom is 0.229 e. The molecular weight excluding hydrogens is 414 g/mol. The minimum Gasteiger partial charge on any atom is -0.356 e. The van der Waals surface area contributed by atoms with Crippen LogP contribution >= 0.6 is 0 Å². The Labute approximate surface area is 194 Å². The van der Waals surface area contributed by atoms with E-state index in [0.29, 0.717) is 24.6 Å². The highest BCUT2D eigenvalue weighted by molar-refractivity contribution is 5.81. The second-order valence-corrected chi connectivity index (χ2v) is 8.49. The van der Waals surface area contributed by atoms with Crippen molar-refractivity contribution < 1.29 is 9.59 Å². The summed E-state index contributed by atoms with van der Waals surface area (Å²) < 4.78 is 0. The summed E-state index contributed by atoms with van der Waals surface area (Å²) in [5.41, 5.74) is 4.58. The summed E-state index contributed by atoms with van der Waals surface area (Å²) in [5.74, 6) is 1.24. The Morgan fingerprint density at radius 1 is 1.15 bits per heavy atom. The molecule has 1 aliphatic heterocycles. The van der Waals surface area contributed by atoms with Crippen molar-refractivity contribution in [1.82, 2.24) is 15.3 Å². The maximum absolute atomic E-state index is 12.8. The van der Waals surface area contributed by atoms with Crippen molar-refractivity contribution >= 4 is 29.6 Å². The third kappa shape index (κ3) is 5.55. The van der Waals surface area contributed by atoms with Gasteiger partial charge in [0.2, 0.25) is 11.9 Å². The number of hydrogen-bond acceptors (Lipinski definition) is 6. The number of benzene rings is 2. The van der Waals surface area contributed by atoms with Crippen LogP contribution in [0.15, 0.2) is 54.7 Å². The van der Waals surface area contributed by atoms with Crippen molar-refractivity contribution in [3.8, 4) is 0 Å². The molecule has 1 aliphatic rings. The number of piperidine rings is 1. The van der Waals surface area contributed by atoms with E-state index in [1.165, 1.54) is 5.56 Å². The lowest BCUT2D eigenvalue weighted by atomic mass is 9.97. The van der Waals surface area contributed by atoms with Gasteiger partial charge in [-0.3, -0.25) is 9.59 Å². The van der Waals surface area contributed by atoms with Crippen molar-refractivity contribution in [1.29, 1.82) is 0 Å². The molecule has 1 aromatic heterocycles. The number of nitrogens with one attached hydrogen (secondary N) is 2. The van der Waals surface area contributed by atoms with Crippen LogP contribution in [-0.4, -0.2) is 35.3 Å². The highest BCUT2D eigenvalue weighted by Crippen LogP contribution is 2.25. The molecule has 2 N–H and O–H groups in total. The van der Waals surface area contributed by atoms with Crippen molar-refractivity contribution in [2.24, 2.45) is 5.92 Å². The number of nitrogens with zero attached hydrogens (tertiary/aromatic N) is 3. The molecule has 170 valence electrons. The number of aromatic nitrogens is 2. The molecule has 0 saturated carbocycles. The first-order valence-electron chi connectivity index (χ1n) is 11.3. The predicted octanol–water partition coefficient (Wildman–Crippen LogP) is 4.18. The maximum atomic E-state index is 12.8. The lowest BCUT2D eigenvalue weighted by molar-refractivity contribution is -0.125. The van der Waals surface area contributed by atoms with E-state index >= 15 is 0 Å². The van der Waals surface area contributed by atoms with Gasteiger partial charge in [-0.1, -0.05) is 42.0 Å². The molecule has 4 rings (SSSR count). The lowest BCUT2D eigenvalue weighted by Gasteiger charge is -2.33. The minimum atomic E-state index is -0.0814. The smallest absolute Gasteiger partial charge is 0.229 e. The van der Waals surface area contributed by atoms with E-state index in [2.05, 4.69) is 44.6 Å². The van der Waals surface area contributed by atoms with Gasteiger partial charge in [0.15, 0.2) is 0 Å². The molecule has 1 unspecified atom stereocenters. The first-order chi connectivity index (χ1) is 16.0. The van der Waals surface area contributed by atoms with E-state index in [1.807, 2.05) is 37.3 Å². The fourth-order valence-electron chi connectivity index (χ4n) is 4.06. The van der Waals surface area contributed by atoms with Gasteiger partial charge in [-0.2, -0.15) is 4.98 Å². The van der Waals surface area contributed by atoms with Gasteiger partial charge in [0.25, 0.3) is 0 Å². The van der Waals surface area contributed by atoms with Crippen LogP contribution in [0.4, 0.5) is 17.5 Å². The lowest BCUT2D eigenvalue weighted by Crippen LogP contribution is -2.43. The second kappa shape index (κ2) is 10.3. The van der Waals surface area contributed by atoms with Gasteiger partial charge in [-0.15, -0.1) is 0 Å². The van der Waals surface area contributed by atoms with Crippen LogP contribution in [-0.2, 0) is 11.3 Å². The summed E-state index contributed by atoms with van der Waals surface area (Å²) in [4.78, 5) is 35.2. The van der Waals surface area contributed by atoms with E-state index in [0.717, 1.165) is 48.3 Å². The zero-order valence-corrected chi connectivity index (χ0v) is 19.0. The van der Waals surface area contributed by atoms with Gasteiger partial charge < -0.3 is 15.5 Å². The van der Waals surface area contributed by atoms with Crippen LogP contribution in [0.2, 0.25) is 0 Å². The van der Waals surface area contributed by atoms with Crippen LogP contribution in [0.25, 0.3) is 0 Å². The average molecular weight is 444 g/mol. The zero-order chi connectivity index (χ0) is 23.2. The van der Waals surface area contributed by atoms with E-state index in [4.69, 9.17) is 0 Å². The van der Waals surface area contributed by atoms with Crippen LogP contribution in [0, 0.1) is 19.8 Å². The van der Waals surface area contributed by atoms with E-state index in [-0.39, 0.29) is 11.8 Å². The molecule has 7 heteroatoms. The number of aryl methyl sites for hydroxylation is 1. The summed E-state index contributed by atoms with van der Waals surface area (Å²) in [5, 5.41) is 6.30. The Morgan fingerprint density at radius 3 is 2.76 bits per heavy atom. The molecule has 7 nitrogen and oxygen atoms in total. The second-order valence-electron chi connectivity index (χ2n) is 8.49. The Kier molecular flexibility index (Phi) is 6.98. The van der Waals surface area contributed by atoms with Crippen LogP contribution in [0.5, 0.6) is 0 Å². The highest BCUT2D eigenvalue weighted by Gasteiger charge is 2.26. The Morgan fingerprint density at radius 2 is 1.97 bits per heavy atom. The molecule has 0 spiro atoms. The molecule has 33 heavy (non-hydrogen) atoms. The Bertz CT molecular complexity index is 1130. The minimum absolute atomic E-state index is 0.0778. The summed E-state index contributed by atoms with van der Waals surface area (Å²) in [6.07, 6.45) is 4.35. The van der Waals surface area contributed by atoms with Crippen molar-refractivity contribution in [3.05, 3.63) is 77.0 Å². The molecule has 0 aliphatic carbocycles. The highest BCUT2D eigenvalue weighted by atomic mass is 16.1. The van der Waals surface area contributed by atoms with Crippen molar-refractivity contribution in [2.45, 2.75) is 33.2 Å². The van der Waals surface area contributed by atoms with E-state index < -0.39 is 0 Å². The summed E-state index contributed by atoms with van der Waals surface area (Å²) in [6, 6.07) is 15.6. The van der Waals surface area contributed by atoms with Crippen LogP contribution in [0.1, 0.15) is 39.9 Å². The predicted molar refractivity (Wildman–Crippen MR) is 130 cm³/mol. The van der Waals surface area contributed by atoms with Gasteiger partial charge >= 0.3 is 0 Å². The molecule has 0 radical (unpaired) electrons.